The quantitative estimate of drug-likeness (QED) is 0.568. The summed E-state index contributed by atoms with van der Waals surface area (Å²) in [6.07, 6.45) is 0. The number of rotatable bonds is 5. The molecule has 0 atom stereocenters. The van der Waals surface area contributed by atoms with Gasteiger partial charge in [-0.05, 0) is 36.4 Å². The predicted octanol–water partition coefficient (Wildman–Crippen LogP) is 1.45. The van der Waals surface area contributed by atoms with Crippen LogP contribution in [0.2, 0.25) is 0 Å². The van der Waals surface area contributed by atoms with E-state index in [-0.39, 0.29) is 12.2 Å². The molecule has 0 aliphatic heterocycles. The van der Waals surface area contributed by atoms with Crippen molar-refractivity contribution in [2.75, 3.05) is 18.1 Å². The van der Waals surface area contributed by atoms with Crippen molar-refractivity contribution >= 4 is 22.4 Å². The van der Waals surface area contributed by atoms with Gasteiger partial charge in [-0.1, -0.05) is 12.1 Å². The molecular formula is C20H18N6O2. The molecule has 28 heavy (non-hydrogen) atoms. The molecular weight excluding hydrogens is 356 g/mol. The van der Waals surface area contributed by atoms with E-state index >= 15 is 0 Å². The molecule has 0 aliphatic rings. The van der Waals surface area contributed by atoms with E-state index in [0.29, 0.717) is 35.6 Å². The van der Waals surface area contributed by atoms with Gasteiger partial charge in [0.2, 0.25) is 5.78 Å². The second-order valence-electron chi connectivity index (χ2n) is 6.44. The van der Waals surface area contributed by atoms with Crippen LogP contribution in [-0.4, -0.2) is 37.4 Å². The normalized spacial score (nSPS) is 11.0. The Morgan fingerprint density at radius 3 is 2.61 bits per heavy atom. The van der Waals surface area contributed by atoms with E-state index in [1.807, 2.05) is 39.6 Å². The molecule has 2 aromatic heterocycles. The number of aromatic nitrogens is 4. The van der Waals surface area contributed by atoms with Crippen molar-refractivity contribution in [1.29, 1.82) is 5.26 Å². The molecule has 0 spiro atoms. The number of anilines is 1. The van der Waals surface area contributed by atoms with Crippen LogP contribution in [0, 0.1) is 11.3 Å². The Labute approximate surface area is 160 Å². The zero-order chi connectivity index (χ0) is 19.7. The van der Waals surface area contributed by atoms with Crippen LogP contribution in [-0.2, 0) is 13.6 Å². The standard InChI is InChI=1S/C20H18N6O2/c1-24-19(28)16-4-2-3-5-17(16)26-18(22-23-20(24)26)13-25(10-11-27)15-8-6-14(12-21)7-9-15/h2-9,27H,10-11,13H2,1H3. The molecule has 8 heteroatoms. The van der Waals surface area contributed by atoms with Crippen molar-refractivity contribution in [2.45, 2.75) is 6.54 Å². The SMILES string of the molecule is Cn1c(=O)c2ccccc2n2c(CN(CCO)c3ccc(C#N)cc3)nnc12. The molecule has 4 rings (SSSR count). The lowest BCUT2D eigenvalue weighted by Crippen LogP contribution is -2.27. The lowest BCUT2D eigenvalue weighted by atomic mass is 10.2. The van der Waals surface area contributed by atoms with E-state index in [9.17, 15) is 9.90 Å². The summed E-state index contributed by atoms with van der Waals surface area (Å²) in [5.41, 5.74) is 2.05. The van der Waals surface area contributed by atoms with Gasteiger partial charge in [-0.25, -0.2) is 0 Å². The smallest absolute Gasteiger partial charge is 0.262 e. The molecule has 0 amide bonds. The minimum absolute atomic E-state index is 0.0318. The van der Waals surface area contributed by atoms with E-state index in [1.165, 1.54) is 4.57 Å². The van der Waals surface area contributed by atoms with E-state index in [2.05, 4.69) is 16.3 Å². The summed E-state index contributed by atoms with van der Waals surface area (Å²) in [5.74, 6) is 1.11. The average Bonchev–Trinajstić information content (AvgIpc) is 3.16. The fourth-order valence-corrected chi connectivity index (χ4v) is 3.33. The van der Waals surface area contributed by atoms with Crippen LogP contribution < -0.4 is 10.5 Å². The average molecular weight is 374 g/mol. The molecule has 0 radical (unpaired) electrons. The van der Waals surface area contributed by atoms with Gasteiger partial charge < -0.3 is 10.0 Å². The number of para-hydroxylation sites is 1. The van der Waals surface area contributed by atoms with Gasteiger partial charge in [0.05, 0.1) is 35.7 Å². The van der Waals surface area contributed by atoms with Gasteiger partial charge in [0.25, 0.3) is 5.56 Å². The maximum absolute atomic E-state index is 12.6. The summed E-state index contributed by atoms with van der Waals surface area (Å²) in [5, 5.41) is 27.6. The molecule has 1 N–H and O–H groups in total. The maximum atomic E-state index is 12.6. The van der Waals surface area contributed by atoms with Crippen molar-refractivity contribution in [3.05, 3.63) is 70.3 Å². The van der Waals surface area contributed by atoms with Gasteiger partial charge in [-0.3, -0.25) is 13.8 Å². The summed E-state index contributed by atoms with van der Waals surface area (Å²) >= 11 is 0. The van der Waals surface area contributed by atoms with Crippen molar-refractivity contribution in [3.8, 4) is 6.07 Å². The van der Waals surface area contributed by atoms with E-state index < -0.39 is 0 Å². The number of aliphatic hydroxyl groups excluding tert-OH is 1. The highest BCUT2D eigenvalue weighted by atomic mass is 16.3. The van der Waals surface area contributed by atoms with Crippen LogP contribution in [0.3, 0.4) is 0 Å². The first-order chi connectivity index (χ1) is 13.6. The van der Waals surface area contributed by atoms with E-state index in [4.69, 9.17) is 5.26 Å². The van der Waals surface area contributed by atoms with Crippen molar-refractivity contribution in [3.63, 3.8) is 0 Å². The molecule has 0 saturated carbocycles. The number of fused-ring (bicyclic) bond motifs is 3. The summed E-state index contributed by atoms with van der Waals surface area (Å²) in [6, 6.07) is 16.6. The number of aliphatic hydroxyl groups is 1. The number of benzene rings is 2. The molecule has 8 nitrogen and oxygen atoms in total. The highest BCUT2D eigenvalue weighted by Crippen LogP contribution is 2.19. The number of aryl methyl sites for hydroxylation is 1. The fourth-order valence-electron chi connectivity index (χ4n) is 3.33. The largest absolute Gasteiger partial charge is 0.395 e. The van der Waals surface area contributed by atoms with E-state index in [1.54, 1.807) is 25.2 Å². The zero-order valence-corrected chi connectivity index (χ0v) is 15.3. The summed E-state index contributed by atoms with van der Waals surface area (Å²) in [7, 11) is 1.68. The van der Waals surface area contributed by atoms with Gasteiger partial charge in [0.1, 0.15) is 0 Å². The van der Waals surface area contributed by atoms with Gasteiger partial charge in [0.15, 0.2) is 5.82 Å². The molecule has 2 heterocycles. The third kappa shape index (κ3) is 2.88. The third-order valence-corrected chi connectivity index (χ3v) is 4.76. The van der Waals surface area contributed by atoms with E-state index in [0.717, 1.165) is 11.2 Å². The van der Waals surface area contributed by atoms with Crippen molar-refractivity contribution in [1.82, 2.24) is 19.2 Å². The fraction of sp³-hybridized carbons (Fsp3) is 0.200. The minimum atomic E-state index is -0.124. The lowest BCUT2D eigenvalue weighted by Gasteiger charge is -2.23. The highest BCUT2D eigenvalue weighted by Gasteiger charge is 2.17. The molecule has 140 valence electrons. The van der Waals surface area contributed by atoms with Crippen LogP contribution >= 0.6 is 0 Å². The molecule has 0 fully saturated rings. The van der Waals surface area contributed by atoms with Crippen LogP contribution in [0.25, 0.3) is 16.7 Å². The highest BCUT2D eigenvalue weighted by molar-refractivity contribution is 5.80. The maximum Gasteiger partial charge on any atom is 0.262 e. The number of nitrogens with zero attached hydrogens (tertiary/aromatic N) is 6. The van der Waals surface area contributed by atoms with Crippen molar-refractivity contribution in [2.24, 2.45) is 7.05 Å². The predicted molar refractivity (Wildman–Crippen MR) is 105 cm³/mol. The van der Waals surface area contributed by atoms with Gasteiger partial charge in [-0.15, -0.1) is 10.2 Å². The van der Waals surface area contributed by atoms with Crippen LogP contribution in [0.5, 0.6) is 0 Å². The van der Waals surface area contributed by atoms with Crippen LogP contribution in [0.15, 0.2) is 53.3 Å². The third-order valence-electron chi connectivity index (χ3n) is 4.76. The monoisotopic (exact) mass is 374 g/mol. The summed E-state index contributed by atoms with van der Waals surface area (Å²) in [6.45, 7) is 0.746. The molecule has 4 aromatic rings. The Kier molecular flexibility index (Phi) is 4.51. The molecule has 0 saturated heterocycles. The number of nitriles is 1. The number of hydrogen-bond acceptors (Lipinski definition) is 6. The Morgan fingerprint density at radius 2 is 1.89 bits per heavy atom. The Balaban J connectivity index is 1.84. The molecule has 2 aromatic carbocycles. The summed E-state index contributed by atoms with van der Waals surface area (Å²) in [4.78, 5) is 14.5. The number of hydrogen-bond donors (Lipinski definition) is 1. The second-order valence-corrected chi connectivity index (χ2v) is 6.44. The minimum Gasteiger partial charge on any atom is -0.395 e. The zero-order valence-electron chi connectivity index (χ0n) is 15.3. The Morgan fingerprint density at radius 1 is 1.14 bits per heavy atom. The first-order valence-electron chi connectivity index (χ1n) is 8.81. The van der Waals surface area contributed by atoms with Crippen molar-refractivity contribution < 1.29 is 5.11 Å². The summed E-state index contributed by atoms with van der Waals surface area (Å²) < 4.78 is 3.35. The van der Waals surface area contributed by atoms with Gasteiger partial charge in [-0.2, -0.15) is 5.26 Å². The topological polar surface area (TPSA) is 99.4 Å². The van der Waals surface area contributed by atoms with Crippen LogP contribution in [0.1, 0.15) is 11.4 Å². The first-order valence-corrected chi connectivity index (χ1v) is 8.81. The second kappa shape index (κ2) is 7.13. The molecule has 0 aliphatic carbocycles. The lowest BCUT2D eigenvalue weighted by molar-refractivity contribution is 0.301. The molecule has 0 bridgehead atoms. The van der Waals surface area contributed by atoms with Gasteiger partial charge >= 0.3 is 0 Å². The van der Waals surface area contributed by atoms with Crippen LogP contribution in [0.4, 0.5) is 5.69 Å². The first kappa shape index (κ1) is 17.7. The van der Waals surface area contributed by atoms with Gasteiger partial charge in [0, 0.05) is 19.3 Å². The molecule has 0 unspecified atom stereocenters. The Bertz CT molecular complexity index is 1250. The Hall–Kier alpha value is -3.70.